The molecule has 0 amide bonds. The van der Waals surface area contributed by atoms with Crippen molar-refractivity contribution in [1.29, 1.82) is 0 Å². The highest BCUT2D eigenvalue weighted by atomic mass is 19.3. The predicted octanol–water partition coefficient (Wildman–Crippen LogP) is -0.441. The normalized spacial score (nSPS) is 11.9. The molecule has 0 aromatic rings. The van der Waals surface area contributed by atoms with Gasteiger partial charge in [0.1, 0.15) is 6.04 Å². The molecule has 0 fully saturated rings. The Labute approximate surface area is 59.9 Å². The van der Waals surface area contributed by atoms with E-state index in [4.69, 9.17) is 5.73 Å². The Hall–Kier alpha value is -1.24. The molecule has 0 aromatic carbocycles. The third-order valence-electron chi connectivity index (χ3n) is 0.851. The van der Waals surface area contributed by atoms with E-state index in [2.05, 4.69) is 9.88 Å². The smallest absolute Gasteiger partial charge is 0.318 e. The zero-order valence-electron chi connectivity index (χ0n) is 5.25. The Morgan fingerprint density at radius 2 is 1.91 bits per heavy atom. The van der Waals surface area contributed by atoms with Gasteiger partial charge in [0, 0.05) is 9.05 Å². The molecule has 0 radical (unpaired) electrons. The molecule has 0 unspecified atom stereocenters. The summed E-state index contributed by atoms with van der Waals surface area (Å²) in [7, 11) is 0. The average molecular weight is 169 g/mol. The minimum atomic E-state index is -1.54. The van der Waals surface area contributed by atoms with Crippen molar-refractivity contribution in [3.05, 3.63) is 0 Å². The van der Waals surface area contributed by atoms with E-state index in [0.717, 1.165) is 0 Å². The van der Waals surface area contributed by atoms with Crippen molar-refractivity contribution in [3.63, 3.8) is 0 Å². The van der Waals surface area contributed by atoms with Gasteiger partial charge in [-0.15, -0.1) is 0 Å². The van der Waals surface area contributed by atoms with Crippen LogP contribution in [0.4, 0.5) is 9.05 Å². The van der Waals surface area contributed by atoms with Gasteiger partial charge in [-0.2, -0.15) is 0 Å². The highest BCUT2D eigenvalue weighted by Gasteiger charge is 2.21. The molecular weight excluding hydrogens is 164 g/mol. The largest absolute Gasteiger partial charge is 0.365 e. The molecule has 0 saturated carbocycles. The molecule has 0 saturated heterocycles. The second kappa shape index (κ2) is 4.56. The predicted molar refractivity (Wildman–Crippen MR) is 27.0 cm³/mol. The molecule has 0 spiro atoms. The summed E-state index contributed by atoms with van der Waals surface area (Å²) in [5.74, 6) is -2.81. The molecule has 7 heteroatoms. The molecule has 0 rings (SSSR count). The van der Waals surface area contributed by atoms with Crippen LogP contribution in [0.5, 0.6) is 0 Å². The van der Waals surface area contributed by atoms with Crippen LogP contribution in [0.25, 0.3) is 0 Å². The Kier molecular flexibility index (Phi) is 4.04. The van der Waals surface area contributed by atoms with Crippen LogP contribution in [0.15, 0.2) is 0 Å². The summed E-state index contributed by atoms with van der Waals surface area (Å²) in [5, 5.41) is 0. The van der Waals surface area contributed by atoms with E-state index in [-0.39, 0.29) is 0 Å². The van der Waals surface area contributed by atoms with E-state index in [1.807, 2.05) is 0 Å². The van der Waals surface area contributed by atoms with E-state index in [1.165, 1.54) is 0 Å². The summed E-state index contributed by atoms with van der Waals surface area (Å²) < 4.78 is 22.0. The second-order valence-electron chi connectivity index (χ2n) is 1.66. The molecule has 5 nitrogen and oxygen atoms in total. The second-order valence-corrected chi connectivity index (χ2v) is 1.66. The van der Waals surface area contributed by atoms with E-state index in [1.54, 1.807) is 0 Å². The van der Waals surface area contributed by atoms with Gasteiger partial charge in [0.05, 0.1) is 6.42 Å². The van der Waals surface area contributed by atoms with Crippen LogP contribution in [-0.4, -0.2) is 18.0 Å². The highest BCUT2D eigenvalue weighted by Crippen LogP contribution is 1.95. The Balaban J connectivity index is 3.77. The molecule has 1 atom stereocenters. The number of rotatable bonds is 3. The van der Waals surface area contributed by atoms with Crippen LogP contribution in [0.2, 0.25) is 0 Å². The maximum Gasteiger partial charge on any atom is 0.365 e. The molecule has 0 bridgehead atoms. The third kappa shape index (κ3) is 3.46. The first-order chi connectivity index (χ1) is 5.11. The number of halogens is 2. The molecule has 64 valence electrons. The van der Waals surface area contributed by atoms with E-state index >= 15 is 0 Å². The minimum absolute atomic E-state index is 0.765. The van der Waals surface area contributed by atoms with Crippen LogP contribution in [-0.2, 0) is 19.5 Å². The lowest BCUT2D eigenvalue weighted by atomic mass is 10.2. The van der Waals surface area contributed by atoms with Gasteiger partial charge < -0.3 is 5.73 Å². The van der Waals surface area contributed by atoms with Gasteiger partial charge in [0.25, 0.3) is 0 Å². The molecule has 0 aromatic heterocycles. The van der Waals surface area contributed by atoms with Gasteiger partial charge in [-0.1, -0.05) is 0 Å². The fourth-order valence-corrected chi connectivity index (χ4v) is 0.352. The van der Waals surface area contributed by atoms with Gasteiger partial charge in [-0.25, -0.2) is 9.59 Å². The van der Waals surface area contributed by atoms with E-state index in [0.29, 0.717) is 0 Å². The summed E-state index contributed by atoms with van der Waals surface area (Å²) in [5.41, 5.74) is 4.82. The lowest BCUT2D eigenvalue weighted by Gasteiger charge is -2.01. The molecule has 2 N–H and O–H groups in total. The van der Waals surface area contributed by atoms with Crippen LogP contribution >= 0.6 is 0 Å². The number of nitrogens with two attached hydrogens (primary N) is 1. The molecule has 0 aliphatic carbocycles. The first-order valence-electron chi connectivity index (χ1n) is 2.51. The summed E-state index contributed by atoms with van der Waals surface area (Å²) >= 11 is 0. The lowest BCUT2D eigenvalue weighted by molar-refractivity contribution is -0.192. The Bertz CT molecular complexity index is 162. The number of carbonyl (C=O) groups excluding carboxylic acids is 2. The van der Waals surface area contributed by atoms with Crippen LogP contribution < -0.4 is 5.73 Å². The molecular formula is C4H5F2NO4. The molecule has 0 heterocycles. The van der Waals surface area contributed by atoms with Gasteiger partial charge in [-0.05, 0) is 0 Å². The first kappa shape index (κ1) is 9.76. The number of hydrogen-bond donors (Lipinski definition) is 1. The summed E-state index contributed by atoms with van der Waals surface area (Å²) in [6.07, 6.45) is -0.765. The van der Waals surface area contributed by atoms with Crippen LogP contribution in [0.3, 0.4) is 0 Å². The number of carbonyl (C=O) groups is 2. The Morgan fingerprint density at radius 3 is 2.27 bits per heavy atom. The quantitative estimate of drug-likeness (QED) is 0.619. The summed E-state index contributed by atoms with van der Waals surface area (Å²) in [4.78, 5) is 25.5. The van der Waals surface area contributed by atoms with Crippen molar-refractivity contribution in [2.45, 2.75) is 12.5 Å². The van der Waals surface area contributed by atoms with Crippen molar-refractivity contribution in [3.8, 4) is 0 Å². The topological polar surface area (TPSA) is 78.6 Å². The minimum Gasteiger partial charge on any atom is -0.318 e. The monoisotopic (exact) mass is 169 g/mol. The lowest BCUT2D eigenvalue weighted by Crippen LogP contribution is -2.33. The zero-order chi connectivity index (χ0) is 8.85. The summed E-state index contributed by atoms with van der Waals surface area (Å²) in [6, 6.07) is -1.54. The maximum absolute atomic E-state index is 11.0. The number of hydrogen-bond acceptors (Lipinski definition) is 5. The summed E-state index contributed by atoms with van der Waals surface area (Å²) in [6.45, 7) is 0. The third-order valence-corrected chi connectivity index (χ3v) is 0.851. The highest BCUT2D eigenvalue weighted by molar-refractivity contribution is 5.81. The van der Waals surface area contributed by atoms with Crippen LogP contribution in [0.1, 0.15) is 6.42 Å². The van der Waals surface area contributed by atoms with Gasteiger partial charge >= 0.3 is 11.9 Å². The SMILES string of the molecule is N[C@@H](CC(=O)OF)C(=O)OF. The van der Waals surface area contributed by atoms with Crippen molar-refractivity contribution < 1.29 is 28.5 Å². The van der Waals surface area contributed by atoms with Crippen molar-refractivity contribution in [2.75, 3.05) is 0 Å². The zero-order valence-corrected chi connectivity index (χ0v) is 5.25. The van der Waals surface area contributed by atoms with E-state index in [9.17, 15) is 18.6 Å². The molecule has 11 heavy (non-hydrogen) atoms. The molecule has 0 aliphatic heterocycles. The van der Waals surface area contributed by atoms with Crippen LogP contribution in [0, 0.1) is 0 Å². The van der Waals surface area contributed by atoms with Gasteiger partial charge in [0.2, 0.25) is 0 Å². The standard InChI is InChI=1S/C4H5F2NO4/c5-10-3(8)1-2(7)4(9)11-6/h2H,1,7H2/t2-/m0/s1. The van der Waals surface area contributed by atoms with Crippen molar-refractivity contribution in [1.82, 2.24) is 0 Å². The van der Waals surface area contributed by atoms with E-state index < -0.39 is 24.4 Å². The fraction of sp³-hybridized carbons (Fsp3) is 0.500. The Morgan fingerprint density at radius 1 is 1.36 bits per heavy atom. The van der Waals surface area contributed by atoms with Gasteiger partial charge in [-0.3, -0.25) is 9.88 Å². The fourth-order valence-electron chi connectivity index (χ4n) is 0.352. The maximum atomic E-state index is 11.0. The average Bonchev–Trinajstić information content (AvgIpc) is 2.02. The van der Waals surface area contributed by atoms with Crippen molar-refractivity contribution >= 4 is 11.9 Å². The molecule has 0 aliphatic rings. The first-order valence-corrected chi connectivity index (χ1v) is 2.51. The van der Waals surface area contributed by atoms with Gasteiger partial charge in [0.15, 0.2) is 0 Å². The van der Waals surface area contributed by atoms with Crippen molar-refractivity contribution in [2.24, 2.45) is 5.73 Å².